The molecule has 1 N–H and O–H groups in total. The van der Waals surface area contributed by atoms with Crippen molar-refractivity contribution < 1.29 is 13.5 Å². The predicted molar refractivity (Wildman–Crippen MR) is 104 cm³/mol. The third-order valence-corrected chi connectivity index (χ3v) is 4.38. The van der Waals surface area contributed by atoms with E-state index in [-0.39, 0.29) is 5.56 Å². The number of nitrogens with one attached hydrogen (secondary N) is 1. The van der Waals surface area contributed by atoms with Crippen LogP contribution in [0.2, 0.25) is 0 Å². The summed E-state index contributed by atoms with van der Waals surface area (Å²) in [7, 11) is 3.23. The molecule has 0 fully saturated rings. The number of halogens is 2. The van der Waals surface area contributed by atoms with Gasteiger partial charge in [0.2, 0.25) is 0 Å². The third-order valence-electron chi connectivity index (χ3n) is 4.38. The van der Waals surface area contributed by atoms with Crippen LogP contribution in [0.5, 0.6) is 5.75 Å². The largest absolute Gasteiger partial charge is 0.494 e. The zero-order valence-electron chi connectivity index (χ0n) is 15.2. The van der Waals surface area contributed by atoms with Gasteiger partial charge in [0.25, 0.3) is 0 Å². The van der Waals surface area contributed by atoms with Gasteiger partial charge in [0.05, 0.1) is 7.11 Å². The number of rotatable bonds is 4. The Hall–Kier alpha value is -3.61. The fourth-order valence-electron chi connectivity index (χ4n) is 3.04. The van der Waals surface area contributed by atoms with Crippen LogP contribution < -0.4 is 10.1 Å². The average Bonchev–Trinajstić information content (AvgIpc) is 2.74. The van der Waals surface area contributed by atoms with Gasteiger partial charge in [-0.1, -0.05) is 18.2 Å². The smallest absolute Gasteiger partial charge is 0.180 e. The average molecular weight is 378 g/mol. The van der Waals surface area contributed by atoms with E-state index in [0.29, 0.717) is 39.6 Å². The molecule has 0 spiro atoms. The van der Waals surface area contributed by atoms with Crippen LogP contribution in [-0.2, 0) is 0 Å². The van der Waals surface area contributed by atoms with Crippen LogP contribution >= 0.6 is 0 Å². The zero-order valence-corrected chi connectivity index (χ0v) is 15.2. The Bertz CT molecular complexity index is 1170. The van der Waals surface area contributed by atoms with E-state index in [1.54, 1.807) is 25.4 Å². The number of hydrogen-bond acceptors (Lipinski definition) is 5. The lowest BCUT2D eigenvalue weighted by Crippen LogP contribution is -2.01. The van der Waals surface area contributed by atoms with Gasteiger partial charge in [-0.2, -0.15) is 0 Å². The molecule has 0 unspecified atom stereocenters. The molecule has 0 saturated carbocycles. The topological polar surface area (TPSA) is 59.9 Å². The lowest BCUT2D eigenvalue weighted by Gasteiger charge is -2.13. The molecule has 140 valence electrons. The normalized spacial score (nSPS) is 10.9. The summed E-state index contributed by atoms with van der Waals surface area (Å²) >= 11 is 0. The first-order chi connectivity index (χ1) is 13.6. The fourth-order valence-corrected chi connectivity index (χ4v) is 3.04. The molecule has 2 aromatic carbocycles. The van der Waals surface area contributed by atoms with E-state index < -0.39 is 11.6 Å². The quantitative estimate of drug-likeness (QED) is 0.558. The number of methoxy groups -OCH3 is 1. The summed E-state index contributed by atoms with van der Waals surface area (Å²) in [6.45, 7) is 0. The van der Waals surface area contributed by atoms with Crippen molar-refractivity contribution in [3.05, 3.63) is 66.4 Å². The monoisotopic (exact) mass is 378 g/mol. The molecule has 4 rings (SSSR count). The minimum atomic E-state index is -0.916. The first kappa shape index (κ1) is 17.8. The second kappa shape index (κ2) is 7.19. The summed E-state index contributed by atoms with van der Waals surface area (Å²) in [6.07, 6.45) is 1.66. The van der Waals surface area contributed by atoms with Gasteiger partial charge in [-0.3, -0.25) is 4.98 Å². The van der Waals surface area contributed by atoms with Gasteiger partial charge in [-0.05, 0) is 35.9 Å². The fraction of sp³-hybridized carbons (Fsp3) is 0.0952. The minimum absolute atomic E-state index is 0.135. The Labute approximate surface area is 160 Å². The third kappa shape index (κ3) is 3.00. The number of benzene rings is 2. The van der Waals surface area contributed by atoms with Gasteiger partial charge in [0.15, 0.2) is 17.5 Å². The number of hydrogen-bond donors (Lipinski definition) is 1. The molecular weight excluding hydrogens is 362 g/mol. The maximum atomic E-state index is 14.3. The van der Waals surface area contributed by atoms with Crippen LogP contribution in [-0.4, -0.2) is 29.1 Å². The van der Waals surface area contributed by atoms with Crippen molar-refractivity contribution >= 4 is 16.7 Å². The highest BCUT2D eigenvalue weighted by Gasteiger charge is 2.17. The molecule has 4 aromatic rings. The van der Waals surface area contributed by atoms with Crippen molar-refractivity contribution in [2.45, 2.75) is 0 Å². The van der Waals surface area contributed by atoms with Crippen molar-refractivity contribution in [3.63, 3.8) is 0 Å². The molecule has 0 aliphatic carbocycles. The molecule has 0 radical (unpaired) electrons. The molecule has 0 aliphatic rings. The summed E-state index contributed by atoms with van der Waals surface area (Å²) in [6, 6.07) is 12.9. The van der Waals surface area contributed by atoms with Crippen LogP contribution in [0, 0.1) is 11.6 Å². The maximum absolute atomic E-state index is 14.3. The van der Waals surface area contributed by atoms with E-state index in [4.69, 9.17) is 4.74 Å². The van der Waals surface area contributed by atoms with Gasteiger partial charge >= 0.3 is 0 Å². The van der Waals surface area contributed by atoms with Crippen molar-refractivity contribution in [2.24, 2.45) is 0 Å². The number of aromatic nitrogens is 3. The lowest BCUT2D eigenvalue weighted by atomic mass is 10.0. The highest BCUT2D eigenvalue weighted by Crippen LogP contribution is 2.36. The minimum Gasteiger partial charge on any atom is -0.494 e. The molecule has 0 bridgehead atoms. The SMILES string of the molecule is CNc1nc(-c2ccccn2)nc2c(OC)cc(-c3cccc(F)c3F)cc12. The number of fused-ring (bicyclic) bond motifs is 1. The Morgan fingerprint density at radius 1 is 1.00 bits per heavy atom. The highest BCUT2D eigenvalue weighted by molar-refractivity contribution is 5.97. The second-order valence-corrected chi connectivity index (χ2v) is 6.04. The van der Waals surface area contributed by atoms with E-state index in [2.05, 4.69) is 20.3 Å². The second-order valence-electron chi connectivity index (χ2n) is 6.04. The lowest BCUT2D eigenvalue weighted by molar-refractivity contribution is 0.419. The van der Waals surface area contributed by atoms with E-state index in [1.165, 1.54) is 19.2 Å². The summed E-state index contributed by atoms with van der Waals surface area (Å²) in [5, 5.41) is 3.66. The summed E-state index contributed by atoms with van der Waals surface area (Å²) in [4.78, 5) is 13.4. The number of nitrogens with zero attached hydrogens (tertiary/aromatic N) is 3. The number of anilines is 1. The molecule has 0 aliphatic heterocycles. The molecule has 0 atom stereocenters. The van der Waals surface area contributed by atoms with Gasteiger partial charge < -0.3 is 10.1 Å². The van der Waals surface area contributed by atoms with Crippen molar-refractivity contribution in [1.82, 2.24) is 15.0 Å². The summed E-state index contributed by atoms with van der Waals surface area (Å²) in [5.41, 5.74) is 1.76. The van der Waals surface area contributed by atoms with E-state index in [1.807, 2.05) is 18.2 Å². The molecule has 0 saturated heterocycles. The van der Waals surface area contributed by atoms with Gasteiger partial charge in [0, 0.05) is 24.2 Å². The predicted octanol–water partition coefficient (Wildman–Crippen LogP) is 4.69. The molecule has 28 heavy (non-hydrogen) atoms. The highest BCUT2D eigenvalue weighted by atomic mass is 19.2. The standard InChI is InChI=1S/C21H16F2N4O/c1-24-20-14-10-12(13-6-5-7-15(22)18(13)23)11-17(28-2)19(14)26-21(27-20)16-8-3-4-9-25-16/h3-11H,1-2H3,(H,24,26,27). The van der Waals surface area contributed by atoms with E-state index >= 15 is 0 Å². The molecular formula is C21H16F2N4O. The number of ether oxygens (including phenoxy) is 1. The van der Waals surface area contributed by atoms with Crippen molar-refractivity contribution in [1.29, 1.82) is 0 Å². The Morgan fingerprint density at radius 2 is 1.86 bits per heavy atom. The maximum Gasteiger partial charge on any atom is 0.180 e. The van der Waals surface area contributed by atoms with E-state index in [0.717, 1.165) is 6.07 Å². The Kier molecular flexibility index (Phi) is 4.57. The van der Waals surface area contributed by atoms with Gasteiger partial charge in [-0.15, -0.1) is 0 Å². The molecule has 7 heteroatoms. The molecule has 2 heterocycles. The van der Waals surface area contributed by atoms with Crippen molar-refractivity contribution in [2.75, 3.05) is 19.5 Å². The summed E-state index contributed by atoms with van der Waals surface area (Å²) < 4.78 is 33.5. The van der Waals surface area contributed by atoms with Crippen LogP contribution in [0.1, 0.15) is 0 Å². The van der Waals surface area contributed by atoms with Crippen LogP contribution in [0.15, 0.2) is 54.7 Å². The van der Waals surface area contributed by atoms with Gasteiger partial charge in [0.1, 0.15) is 22.8 Å². The van der Waals surface area contributed by atoms with Crippen molar-refractivity contribution in [3.8, 4) is 28.4 Å². The Balaban J connectivity index is 2.00. The first-order valence-electron chi connectivity index (χ1n) is 8.55. The van der Waals surface area contributed by atoms with Crippen LogP contribution in [0.3, 0.4) is 0 Å². The Morgan fingerprint density at radius 3 is 2.57 bits per heavy atom. The van der Waals surface area contributed by atoms with Crippen LogP contribution in [0.4, 0.5) is 14.6 Å². The molecule has 2 aromatic heterocycles. The zero-order chi connectivity index (χ0) is 19.7. The van der Waals surface area contributed by atoms with E-state index in [9.17, 15) is 8.78 Å². The first-order valence-corrected chi connectivity index (χ1v) is 8.55. The van der Waals surface area contributed by atoms with Gasteiger partial charge in [-0.25, -0.2) is 18.7 Å². The molecule has 5 nitrogen and oxygen atoms in total. The van der Waals surface area contributed by atoms with Crippen LogP contribution in [0.25, 0.3) is 33.5 Å². The number of pyridine rings is 1. The summed E-state index contributed by atoms with van der Waals surface area (Å²) in [5.74, 6) is -0.441. The molecule has 0 amide bonds.